The third-order valence-electron chi connectivity index (χ3n) is 3.90. The molecule has 0 saturated heterocycles. The summed E-state index contributed by atoms with van der Waals surface area (Å²) in [6.07, 6.45) is 6.27. The summed E-state index contributed by atoms with van der Waals surface area (Å²) in [4.78, 5) is 45.9. The average Bonchev–Trinajstić information content (AvgIpc) is 2.78. The number of likely N-dealkylation sites (N-methyl/N-ethyl adjacent to an activating group) is 1. The molecule has 0 aliphatic carbocycles. The molecule has 0 heterocycles. The molecule has 0 fully saturated rings. The number of allylic oxidation sites excluding steroid dienone is 1. The number of nitrogens with one attached hydrogen (secondary N) is 2. The van der Waals surface area contributed by atoms with E-state index < -0.39 is 11.9 Å². The van der Waals surface area contributed by atoms with Crippen molar-refractivity contribution >= 4 is 63.5 Å². The van der Waals surface area contributed by atoms with E-state index in [9.17, 15) is 19.2 Å². The number of anilines is 2. The molecule has 188 valence electrons. The fourth-order valence-corrected chi connectivity index (χ4v) is 2.47. The predicted molar refractivity (Wildman–Crippen MR) is 142 cm³/mol. The van der Waals surface area contributed by atoms with Crippen LogP contribution >= 0.6 is 28.3 Å². The first kappa shape index (κ1) is 31.5. The fraction of sp³-hybridized carbons (Fsp3) is 0.167. The fourth-order valence-electron chi connectivity index (χ4n) is 2.28. The maximum atomic E-state index is 11.5. The van der Waals surface area contributed by atoms with Crippen LogP contribution in [0.4, 0.5) is 11.4 Å². The minimum absolute atomic E-state index is 0. The molecule has 0 aliphatic rings. The van der Waals surface area contributed by atoms with E-state index in [-0.39, 0.29) is 35.3 Å². The molecule has 35 heavy (non-hydrogen) atoms. The third-order valence-corrected chi connectivity index (χ3v) is 4.27. The molecular weight excluding hydrogens is 542 g/mol. The largest absolute Gasteiger partial charge is 0.478 e. The van der Waals surface area contributed by atoms with Crippen LogP contribution in [0.25, 0.3) is 0 Å². The summed E-state index contributed by atoms with van der Waals surface area (Å²) in [6, 6.07) is 12.0. The molecule has 0 aliphatic heterocycles. The Morgan fingerprint density at radius 1 is 0.771 bits per heavy atom. The summed E-state index contributed by atoms with van der Waals surface area (Å²) in [5, 5.41) is 23.3. The molecule has 0 spiro atoms. The summed E-state index contributed by atoms with van der Waals surface area (Å²) in [5.74, 6) is -2.46. The second-order valence-corrected chi connectivity index (χ2v) is 7.61. The van der Waals surface area contributed by atoms with Gasteiger partial charge < -0.3 is 25.7 Å². The zero-order valence-electron chi connectivity index (χ0n) is 19.1. The quantitative estimate of drug-likeness (QED) is 0.264. The van der Waals surface area contributed by atoms with Gasteiger partial charge in [-0.2, -0.15) is 0 Å². The predicted octanol–water partition coefficient (Wildman–Crippen LogP) is 4.14. The number of alkyl halides is 1. The zero-order valence-corrected chi connectivity index (χ0v) is 21.5. The van der Waals surface area contributed by atoms with Crippen molar-refractivity contribution in [3.63, 3.8) is 0 Å². The lowest BCUT2D eigenvalue weighted by molar-refractivity contribution is -0.112. The standard InChI is InChI=1S/C13H16N2O3.C11H10BrNO3.ClH/c1-15(2)9-3-4-12(16)14-11-7-5-10(6-8-11)13(17)18;12-7-1-2-10(14)13-9-5-3-8(4-6-9)11(15)16;/h3-8H,9H2,1-2H3,(H,14,16)(H,17,18);1-6H,7H2,(H,13,14)(H,15,16);1H/b4-3+;2-1+;. The number of carbonyl (C=O) groups excluding carboxylic acids is 2. The van der Waals surface area contributed by atoms with Crippen molar-refractivity contribution in [2.45, 2.75) is 0 Å². The van der Waals surface area contributed by atoms with Gasteiger partial charge in [0.15, 0.2) is 0 Å². The number of hydrogen-bond acceptors (Lipinski definition) is 5. The van der Waals surface area contributed by atoms with E-state index in [1.165, 1.54) is 36.4 Å². The minimum atomic E-state index is -0.989. The normalized spacial score (nSPS) is 10.3. The Morgan fingerprint density at radius 3 is 1.46 bits per heavy atom. The minimum Gasteiger partial charge on any atom is -0.478 e. The first-order valence-corrected chi connectivity index (χ1v) is 11.1. The molecule has 0 radical (unpaired) electrons. The molecule has 2 aromatic rings. The molecule has 0 unspecified atom stereocenters. The van der Waals surface area contributed by atoms with E-state index in [1.807, 2.05) is 19.0 Å². The van der Waals surface area contributed by atoms with Gasteiger partial charge in [-0.05, 0) is 62.6 Å². The van der Waals surface area contributed by atoms with Crippen LogP contribution in [0.2, 0.25) is 0 Å². The molecule has 2 aromatic carbocycles. The number of benzene rings is 2. The summed E-state index contributed by atoms with van der Waals surface area (Å²) >= 11 is 3.16. The van der Waals surface area contributed by atoms with Gasteiger partial charge in [-0.3, -0.25) is 9.59 Å². The SMILES string of the molecule is CN(C)C/C=C/C(=O)Nc1ccc(C(=O)O)cc1.Cl.O=C(/C=C/CBr)Nc1ccc(C(=O)O)cc1. The van der Waals surface area contributed by atoms with Gasteiger partial charge >= 0.3 is 11.9 Å². The first-order valence-electron chi connectivity index (χ1n) is 9.94. The lowest BCUT2D eigenvalue weighted by atomic mass is 10.2. The Bertz CT molecular complexity index is 1040. The van der Waals surface area contributed by atoms with Crippen molar-refractivity contribution in [2.24, 2.45) is 0 Å². The number of halogens is 2. The highest BCUT2D eigenvalue weighted by molar-refractivity contribution is 9.09. The van der Waals surface area contributed by atoms with Crippen LogP contribution in [0.5, 0.6) is 0 Å². The Kier molecular flexibility index (Phi) is 15.3. The molecule has 11 heteroatoms. The van der Waals surface area contributed by atoms with Crippen LogP contribution in [0.3, 0.4) is 0 Å². The molecule has 2 amide bonds. The van der Waals surface area contributed by atoms with E-state index in [0.29, 0.717) is 23.2 Å². The van der Waals surface area contributed by atoms with Gasteiger partial charge in [0.25, 0.3) is 0 Å². The Labute approximate surface area is 218 Å². The number of carboxylic acid groups (broad SMARTS) is 2. The molecular formula is C24H27BrClN3O6. The van der Waals surface area contributed by atoms with E-state index in [4.69, 9.17) is 10.2 Å². The smallest absolute Gasteiger partial charge is 0.335 e. The summed E-state index contributed by atoms with van der Waals surface area (Å²) in [5.41, 5.74) is 1.51. The maximum Gasteiger partial charge on any atom is 0.335 e. The summed E-state index contributed by atoms with van der Waals surface area (Å²) < 4.78 is 0. The summed E-state index contributed by atoms with van der Waals surface area (Å²) in [7, 11) is 3.82. The molecule has 0 atom stereocenters. The van der Waals surface area contributed by atoms with Gasteiger partial charge in [0.05, 0.1) is 11.1 Å². The molecule has 4 N–H and O–H groups in total. The first-order chi connectivity index (χ1) is 16.1. The highest BCUT2D eigenvalue weighted by Gasteiger charge is 2.03. The Balaban J connectivity index is 0.000000646. The van der Waals surface area contributed by atoms with Gasteiger partial charge in [-0.1, -0.05) is 28.1 Å². The number of carboxylic acids is 2. The lowest BCUT2D eigenvalue weighted by Gasteiger charge is -2.04. The Hall–Kier alpha value is -3.47. The van der Waals surface area contributed by atoms with Crippen molar-refractivity contribution in [3.05, 3.63) is 84.0 Å². The van der Waals surface area contributed by atoms with Crippen molar-refractivity contribution in [1.82, 2.24) is 4.90 Å². The van der Waals surface area contributed by atoms with E-state index in [2.05, 4.69) is 26.6 Å². The van der Waals surface area contributed by atoms with Crippen molar-refractivity contribution in [2.75, 3.05) is 36.6 Å². The van der Waals surface area contributed by atoms with Gasteiger partial charge in [0.1, 0.15) is 0 Å². The number of nitrogens with zero attached hydrogens (tertiary/aromatic N) is 1. The van der Waals surface area contributed by atoms with Crippen LogP contribution in [0, 0.1) is 0 Å². The number of amides is 2. The molecule has 0 saturated carbocycles. The average molecular weight is 569 g/mol. The van der Waals surface area contributed by atoms with Gasteiger partial charge in [-0.15, -0.1) is 12.4 Å². The molecule has 2 rings (SSSR count). The molecule has 0 bridgehead atoms. The van der Waals surface area contributed by atoms with E-state index in [0.717, 1.165) is 0 Å². The Morgan fingerprint density at radius 2 is 1.14 bits per heavy atom. The van der Waals surface area contributed by atoms with Crippen molar-refractivity contribution in [1.29, 1.82) is 0 Å². The van der Waals surface area contributed by atoms with Crippen LogP contribution in [-0.4, -0.2) is 64.8 Å². The highest BCUT2D eigenvalue weighted by atomic mass is 79.9. The molecule has 9 nitrogen and oxygen atoms in total. The van der Waals surface area contributed by atoms with Gasteiger partial charge in [0.2, 0.25) is 11.8 Å². The maximum absolute atomic E-state index is 11.5. The second kappa shape index (κ2) is 17.0. The number of rotatable bonds is 9. The van der Waals surface area contributed by atoms with Crippen LogP contribution < -0.4 is 10.6 Å². The van der Waals surface area contributed by atoms with Crippen molar-refractivity contribution in [3.8, 4) is 0 Å². The van der Waals surface area contributed by atoms with E-state index in [1.54, 1.807) is 36.4 Å². The molecule has 0 aromatic heterocycles. The van der Waals surface area contributed by atoms with Crippen LogP contribution in [-0.2, 0) is 9.59 Å². The highest BCUT2D eigenvalue weighted by Crippen LogP contribution is 2.10. The van der Waals surface area contributed by atoms with Crippen molar-refractivity contribution < 1.29 is 29.4 Å². The third kappa shape index (κ3) is 13.7. The monoisotopic (exact) mass is 567 g/mol. The topological polar surface area (TPSA) is 136 Å². The van der Waals surface area contributed by atoms with Crippen LogP contribution in [0.15, 0.2) is 72.8 Å². The number of hydrogen-bond donors (Lipinski definition) is 4. The summed E-state index contributed by atoms with van der Waals surface area (Å²) in [6.45, 7) is 0.686. The van der Waals surface area contributed by atoms with Gasteiger partial charge in [0, 0.05) is 35.4 Å². The zero-order chi connectivity index (χ0) is 25.5. The number of carbonyl (C=O) groups is 4. The van der Waals surface area contributed by atoms with Crippen LogP contribution in [0.1, 0.15) is 20.7 Å². The van der Waals surface area contributed by atoms with Gasteiger partial charge in [-0.25, -0.2) is 9.59 Å². The lowest BCUT2D eigenvalue weighted by Crippen LogP contribution is -2.13. The second-order valence-electron chi connectivity index (χ2n) is 6.96. The number of aromatic carboxylic acids is 2. The van der Waals surface area contributed by atoms with E-state index >= 15 is 0 Å².